The minimum Gasteiger partial charge on any atom is -0.485 e. The third-order valence-electron chi connectivity index (χ3n) is 10.6. The highest BCUT2D eigenvalue weighted by atomic mass is 32.1. The monoisotopic (exact) mass is 693 g/mol. The molecule has 0 radical (unpaired) electrons. The van der Waals surface area contributed by atoms with E-state index in [1.807, 2.05) is 28.7 Å². The number of hydrogen-bond acceptors (Lipinski definition) is 6. The highest BCUT2D eigenvalue weighted by Gasteiger charge is 2.41. The molecule has 11 rings (SSSR count). The van der Waals surface area contributed by atoms with E-state index in [1.54, 1.807) is 0 Å². The number of hydrogen-bond donors (Lipinski definition) is 2. The van der Waals surface area contributed by atoms with Crippen LogP contribution in [0.5, 0.6) is 5.75 Å². The molecule has 2 N–H and O–H groups in total. The number of ether oxygens (including phenoxy) is 1. The van der Waals surface area contributed by atoms with Gasteiger partial charge in [-0.1, -0.05) is 121 Å². The predicted octanol–water partition coefficient (Wildman–Crippen LogP) is 11.1. The van der Waals surface area contributed by atoms with Crippen LogP contribution < -0.4 is 15.4 Å². The number of amidine groups is 1. The maximum atomic E-state index is 6.39. The summed E-state index contributed by atoms with van der Waals surface area (Å²) in [6.07, 6.45) is 6.16. The summed E-state index contributed by atoms with van der Waals surface area (Å²) in [6, 6.07) is 48.2. The smallest absolute Gasteiger partial charge is 0.131 e. The number of rotatable bonds is 4. The van der Waals surface area contributed by atoms with E-state index in [9.17, 15) is 0 Å². The fourth-order valence-corrected chi connectivity index (χ4v) is 10.6. The van der Waals surface area contributed by atoms with E-state index in [1.165, 1.54) is 62.6 Å². The van der Waals surface area contributed by atoms with Crippen molar-refractivity contribution in [3.63, 3.8) is 0 Å². The molecule has 0 amide bonds. The first-order chi connectivity index (χ1) is 25.2. The van der Waals surface area contributed by atoms with Gasteiger partial charge in [-0.25, -0.2) is 4.99 Å². The Hall–Kier alpha value is -5.53. The van der Waals surface area contributed by atoms with Gasteiger partial charge in [0.2, 0.25) is 0 Å². The Morgan fingerprint density at radius 2 is 1.41 bits per heavy atom. The van der Waals surface area contributed by atoms with Crippen molar-refractivity contribution < 1.29 is 4.74 Å². The molecule has 0 fully saturated rings. The Kier molecular flexibility index (Phi) is 6.59. The number of nitrogens with zero attached hydrogens (tertiary/aromatic N) is 1. The highest BCUT2D eigenvalue weighted by molar-refractivity contribution is 7.26. The molecule has 0 saturated heterocycles. The second-order valence-electron chi connectivity index (χ2n) is 13.5. The van der Waals surface area contributed by atoms with E-state index in [0.717, 1.165) is 22.7 Å². The molecule has 0 saturated carbocycles. The van der Waals surface area contributed by atoms with Crippen molar-refractivity contribution in [1.29, 1.82) is 0 Å². The van der Waals surface area contributed by atoms with E-state index >= 15 is 0 Å². The van der Waals surface area contributed by atoms with Gasteiger partial charge in [0.25, 0.3) is 0 Å². The standard InChI is InChI=1S/C45H31N3OS2/c1-2-10-26(11-3-1)43-46-44(48-45(47-43)35-16-9-18-37-41(35)34-13-4-6-17-36(34)49-37)28-21-23-32-31-22-20-27(24-39(31)50-40(32)25-28)29-14-8-15-33-30-12-5-7-19-38(30)51-42(29)33/h1-25,37,41,44-45,48H,(H,46,47). The number of fused-ring (bicyclic) bond motifs is 9. The van der Waals surface area contributed by atoms with E-state index in [-0.39, 0.29) is 24.4 Å². The van der Waals surface area contributed by atoms with E-state index in [2.05, 4.69) is 156 Å². The van der Waals surface area contributed by atoms with Crippen LogP contribution in [0.2, 0.25) is 0 Å². The summed E-state index contributed by atoms with van der Waals surface area (Å²) < 4.78 is 11.6. The zero-order chi connectivity index (χ0) is 33.5. The second kappa shape index (κ2) is 11.5. The summed E-state index contributed by atoms with van der Waals surface area (Å²) in [4.78, 5) is 5.28. The zero-order valence-electron chi connectivity index (χ0n) is 27.4. The Morgan fingerprint density at radius 3 is 2.35 bits per heavy atom. The van der Waals surface area contributed by atoms with Gasteiger partial charge in [0, 0.05) is 51.5 Å². The van der Waals surface area contributed by atoms with Crippen LogP contribution in [0.1, 0.15) is 28.8 Å². The van der Waals surface area contributed by atoms with Crippen molar-refractivity contribution in [2.24, 2.45) is 4.99 Å². The molecule has 4 unspecified atom stereocenters. The molecule has 6 aromatic carbocycles. The van der Waals surface area contributed by atoms with Gasteiger partial charge in [0.15, 0.2) is 0 Å². The van der Waals surface area contributed by atoms with Crippen molar-refractivity contribution in [3.8, 4) is 16.9 Å². The van der Waals surface area contributed by atoms with Gasteiger partial charge in [0.05, 0.1) is 5.92 Å². The lowest BCUT2D eigenvalue weighted by molar-refractivity contribution is 0.257. The Morgan fingerprint density at radius 1 is 0.627 bits per heavy atom. The van der Waals surface area contributed by atoms with E-state index in [0.29, 0.717) is 0 Å². The quantitative estimate of drug-likeness (QED) is 0.193. The van der Waals surface area contributed by atoms with Crippen molar-refractivity contribution in [2.75, 3.05) is 0 Å². The molecule has 4 heterocycles. The van der Waals surface area contributed by atoms with Crippen molar-refractivity contribution in [1.82, 2.24) is 10.6 Å². The molecule has 3 aliphatic rings. The van der Waals surface area contributed by atoms with Gasteiger partial charge in [-0.2, -0.15) is 0 Å². The maximum absolute atomic E-state index is 6.39. The molecule has 6 heteroatoms. The molecule has 4 nitrogen and oxygen atoms in total. The summed E-state index contributed by atoms with van der Waals surface area (Å²) >= 11 is 3.75. The topological polar surface area (TPSA) is 45.6 Å². The van der Waals surface area contributed by atoms with E-state index < -0.39 is 0 Å². The summed E-state index contributed by atoms with van der Waals surface area (Å²) in [6.45, 7) is 0. The van der Waals surface area contributed by atoms with Crippen molar-refractivity contribution in [2.45, 2.75) is 24.4 Å². The number of para-hydroxylation sites is 1. The molecule has 2 aromatic heterocycles. The molecular weight excluding hydrogens is 663 g/mol. The predicted molar refractivity (Wildman–Crippen MR) is 214 cm³/mol. The van der Waals surface area contributed by atoms with Gasteiger partial charge in [-0.05, 0) is 52.6 Å². The molecular formula is C45H31N3OS2. The molecule has 4 atom stereocenters. The number of allylic oxidation sites excluding steroid dienone is 2. The summed E-state index contributed by atoms with van der Waals surface area (Å²) in [5.74, 6) is 1.98. The first-order valence-electron chi connectivity index (χ1n) is 17.4. The number of benzene rings is 6. The van der Waals surface area contributed by atoms with Crippen LogP contribution in [0, 0.1) is 0 Å². The fraction of sp³-hybridized carbons (Fsp3) is 0.0889. The molecule has 2 aliphatic heterocycles. The summed E-state index contributed by atoms with van der Waals surface area (Å²) in [5.41, 5.74) is 7.27. The largest absolute Gasteiger partial charge is 0.485 e. The minimum atomic E-state index is -0.231. The van der Waals surface area contributed by atoms with Crippen LogP contribution in [-0.2, 0) is 0 Å². The summed E-state index contributed by atoms with van der Waals surface area (Å²) in [7, 11) is 0. The SMILES string of the molecule is C1=CC2Oc3ccccc3C2C(C2NC(c3ccccc3)=NC(c3ccc4c(c3)sc3cc(-c5cccc6c5sc5ccccc56)ccc34)N2)=C1. The zero-order valence-corrected chi connectivity index (χ0v) is 29.0. The first kappa shape index (κ1) is 29.2. The normalized spacial score (nSPS) is 20.9. The molecule has 0 spiro atoms. The third-order valence-corrected chi connectivity index (χ3v) is 12.9. The van der Waals surface area contributed by atoms with Crippen LogP contribution >= 0.6 is 22.7 Å². The van der Waals surface area contributed by atoms with Crippen molar-refractivity contribution >= 4 is 68.9 Å². The van der Waals surface area contributed by atoms with Crippen LogP contribution in [0.4, 0.5) is 0 Å². The molecule has 0 bridgehead atoms. The van der Waals surface area contributed by atoms with Crippen LogP contribution in [-0.4, -0.2) is 18.1 Å². The Balaban J connectivity index is 0.982. The van der Waals surface area contributed by atoms with Crippen LogP contribution in [0.3, 0.4) is 0 Å². The molecule has 244 valence electrons. The lowest BCUT2D eigenvalue weighted by atomic mass is 9.83. The number of thiophene rings is 2. The number of aliphatic imine (C=N–C) groups is 1. The highest BCUT2D eigenvalue weighted by Crippen LogP contribution is 2.46. The average molecular weight is 694 g/mol. The van der Waals surface area contributed by atoms with Gasteiger partial charge >= 0.3 is 0 Å². The first-order valence-corrected chi connectivity index (χ1v) is 19.0. The number of nitrogens with one attached hydrogen (secondary N) is 2. The molecule has 1 aliphatic carbocycles. The van der Waals surface area contributed by atoms with Crippen LogP contribution in [0.25, 0.3) is 51.5 Å². The second-order valence-corrected chi connectivity index (χ2v) is 15.6. The minimum absolute atomic E-state index is 0.0193. The van der Waals surface area contributed by atoms with Gasteiger partial charge in [-0.3, -0.25) is 5.32 Å². The summed E-state index contributed by atoms with van der Waals surface area (Å²) in [5, 5.41) is 12.9. The van der Waals surface area contributed by atoms with Crippen LogP contribution in [0.15, 0.2) is 162 Å². The van der Waals surface area contributed by atoms with Gasteiger partial charge in [0.1, 0.15) is 30.0 Å². The average Bonchev–Trinajstić information content (AvgIpc) is 3.88. The van der Waals surface area contributed by atoms with Crippen molar-refractivity contribution in [3.05, 3.63) is 174 Å². The lowest BCUT2D eigenvalue weighted by Crippen LogP contribution is -2.53. The Bertz CT molecular complexity index is 2770. The molecule has 51 heavy (non-hydrogen) atoms. The maximum Gasteiger partial charge on any atom is 0.131 e. The van der Waals surface area contributed by atoms with Gasteiger partial charge in [-0.15, -0.1) is 22.7 Å². The molecule has 8 aromatic rings. The van der Waals surface area contributed by atoms with Gasteiger partial charge < -0.3 is 10.1 Å². The lowest BCUT2D eigenvalue weighted by Gasteiger charge is -2.36. The Labute approximate surface area is 303 Å². The third kappa shape index (κ3) is 4.71. The van der Waals surface area contributed by atoms with E-state index in [4.69, 9.17) is 9.73 Å². The fourth-order valence-electron chi connectivity index (χ4n) is 8.16.